The molecule has 0 spiro atoms. The van der Waals surface area contributed by atoms with Crippen LogP contribution in [0.15, 0.2) is 17.5 Å². The molecular formula is C9H11NO3S. The summed E-state index contributed by atoms with van der Waals surface area (Å²) < 4.78 is 4.79. The van der Waals surface area contributed by atoms with Gasteiger partial charge < -0.3 is 9.64 Å². The van der Waals surface area contributed by atoms with Crippen molar-refractivity contribution in [2.24, 2.45) is 0 Å². The number of rotatable bonds is 3. The summed E-state index contributed by atoms with van der Waals surface area (Å²) in [5.74, 6) is -0.676. The Balaban J connectivity index is 2.40. The minimum atomic E-state index is -0.449. The van der Waals surface area contributed by atoms with Gasteiger partial charge in [0.25, 0.3) is 5.91 Å². The molecule has 14 heavy (non-hydrogen) atoms. The molecule has 0 saturated carbocycles. The number of carbonyl (C=O) groups excluding carboxylic acids is 2. The molecule has 4 nitrogen and oxygen atoms in total. The van der Waals surface area contributed by atoms with Gasteiger partial charge in [0.1, 0.15) is 4.88 Å². The van der Waals surface area contributed by atoms with Crippen LogP contribution in [0.5, 0.6) is 0 Å². The molecule has 0 radical (unpaired) electrons. The highest BCUT2D eigenvalue weighted by Crippen LogP contribution is 2.09. The number of hydrogen-bond acceptors (Lipinski definition) is 4. The van der Waals surface area contributed by atoms with E-state index in [9.17, 15) is 9.59 Å². The summed E-state index contributed by atoms with van der Waals surface area (Å²) in [6, 6.07) is 3.42. The van der Waals surface area contributed by atoms with Gasteiger partial charge in [0.15, 0.2) is 6.61 Å². The molecule has 0 fully saturated rings. The number of amides is 1. The topological polar surface area (TPSA) is 46.6 Å². The average Bonchev–Trinajstić information content (AvgIpc) is 2.66. The van der Waals surface area contributed by atoms with Gasteiger partial charge in [0.05, 0.1) is 0 Å². The van der Waals surface area contributed by atoms with Crippen LogP contribution in [0.1, 0.15) is 9.67 Å². The maximum absolute atomic E-state index is 11.3. The number of hydrogen-bond donors (Lipinski definition) is 0. The number of esters is 1. The number of carbonyl (C=O) groups is 2. The first kappa shape index (κ1) is 10.7. The van der Waals surface area contributed by atoms with Crippen LogP contribution < -0.4 is 0 Å². The van der Waals surface area contributed by atoms with E-state index in [1.807, 2.05) is 0 Å². The predicted octanol–water partition coefficient (Wildman–Crippen LogP) is 0.993. The summed E-state index contributed by atoms with van der Waals surface area (Å²) >= 11 is 1.29. The Morgan fingerprint density at radius 2 is 2.21 bits per heavy atom. The Labute approximate surface area is 86.1 Å². The lowest BCUT2D eigenvalue weighted by Gasteiger charge is -2.09. The van der Waals surface area contributed by atoms with Gasteiger partial charge in [-0.3, -0.25) is 4.79 Å². The molecule has 0 saturated heterocycles. The van der Waals surface area contributed by atoms with Crippen LogP contribution in [0.2, 0.25) is 0 Å². The molecule has 0 unspecified atom stereocenters. The molecule has 1 rings (SSSR count). The van der Waals surface area contributed by atoms with Crippen molar-refractivity contribution < 1.29 is 14.3 Å². The third-order valence-corrected chi connectivity index (χ3v) is 2.40. The van der Waals surface area contributed by atoms with E-state index in [4.69, 9.17) is 4.74 Å². The maximum atomic E-state index is 11.3. The third kappa shape index (κ3) is 2.85. The van der Waals surface area contributed by atoms with Crippen molar-refractivity contribution in [2.45, 2.75) is 0 Å². The molecule has 1 heterocycles. The number of nitrogens with zero attached hydrogens (tertiary/aromatic N) is 1. The van der Waals surface area contributed by atoms with Crippen molar-refractivity contribution in [2.75, 3.05) is 20.7 Å². The zero-order valence-corrected chi connectivity index (χ0v) is 8.84. The lowest BCUT2D eigenvalue weighted by Crippen LogP contribution is -2.27. The highest BCUT2D eigenvalue weighted by Gasteiger charge is 2.11. The largest absolute Gasteiger partial charge is 0.451 e. The zero-order valence-electron chi connectivity index (χ0n) is 8.02. The molecule has 0 aliphatic heterocycles. The molecule has 1 amide bonds. The van der Waals surface area contributed by atoms with Crippen molar-refractivity contribution in [1.29, 1.82) is 0 Å². The minimum Gasteiger partial charge on any atom is -0.451 e. The Hall–Kier alpha value is -1.36. The fourth-order valence-electron chi connectivity index (χ4n) is 0.722. The molecule has 5 heteroatoms. The third-order valence-electron chi connectivity index (χ3n) is 1.55. The van der Waals surface area contributed by atoms with E-state index in [2.05, 4.69) is 0 Å². The second kappa shape index (κ2) is 4.76. The van der Waals surface area contributed by atoms with Gasteiger partial charge in [0, 0.05) is 14.1 Å². The van der Waals surface area contributed by atoms with Gasteiger partial charge in [0.2, 0.25) is 0 Å². The SMILES string of the molecule is CN(C)C(=O)COC(=O)c1cccs1. The van der Waals surface area contributed by atoms with Crippen molar-refractivity contribution in [3.8, 4) is 0 Å². The summed E-state index contributed by atoms with van der Waals surface area (Å²) in [5.41, 5.74) is 0. The van der Waals surface area contributed by atoms with Gasteiger partial charge in [-0.2, -0.15) is 0 Å². The first-order valence-electron chi connectivity index (χ1n) is 4.02. The van der Waals surface area contributed by atoms with Gasteiger partial charge >= 0.3 is 5.97 Å². The Bertz CT molecular complexity index is 319. The highest BCUT2D eigenvalue weighted by atomic mass is 32.1. The van der Waals surface area contributed by atoms with E-state index in [0.29, 0.717) is 4.88 Å². The summed E-state index contributed by atoms with van der Waals surface area (Å²) in [4.78, 5) is 24.2. The van der Waals surface area contributed by atoms with Gasteiger partial charge in [-0.1, -0.05) is 6.07 Å². The minimum absolute atomic E-state index is 0.205. The van der Waals surface area contributed by atoms with E-state index < -0.39 is 5.97 Å². The van der Waals surface area contributed by atoms with Crippen LogP contribution in [0.25, 0.3) is 0 Å². The standard InChI is InChI=1S/C9H11NO3S/c1-10(2)8(11)6-13-9(12)7-4-3-5-14-7/h3-5H,6H2,1-2H3. The van der Waals surface area contributed by atoms with Crippen LogP contribution in [0.4, 0.5) is 0 Å². The van der Waals surface area contributed by atoms with E-state index >= 15 is 0 Å². The van der Waals surface area contributed by atoms with E-state index in [0.717, 1.165) is 0 Å². The summed E-state index contributed by atoms with van der Waals surface area (Å²) in [6.45, 7) is -0.205. The summed E-state index contributed by atoms with van der Waals surface area (Å²) in [5, 5.41) is 1.78. The van der Waals surface area contributed by atoms with Crippen LogP contribution in [-0.2, 0) is 9.53 Å². The number of likely N-dealkylation sites (N-methyl/N-ethyl adjacent to an activating group) is 1. The van der Waals surface area contributed by atoms with Crippen molar-refractivity contribution in [3.05, 3.63) is 22.4 Å². The number of ether oxygens (including phenoxy) is 1. The van der Waals surface area contributed by atoms with Gasteiger partial charge in [-0.25, -0.2) is 4.79 Å². The lowest BCUT2D eigenvalue weighted by atomic mass is 10.5. The first-order chi connectivity index (χ1) is 6.61. The maximum Gasteiger partial charge on any atom is 0.348 e. The van der Waals surface area contributed by atoms with E-state index in [1.54, 1.807) is 31.6 Å². The first-order valence-corrected chi connectivity index (χ1v) is 4.90. The predicted molar refractivity (Wildman–Crippen MR) is 53.3 cm³/mol. The average molecular weight is 213 g/mol. The molecule has 1 aromatic rings. The van der Waals surface area contributed by atoms with E-state index in [1.165, 1.54) is 16.2 Å². The van der Waals surface area contributed by atoms with Crippen LogP contribution >= 0.6 is 11.3 Å². The van der Waals surface area contributed by atoms with Crippen LogP contribution in [-0.4, -0.2) is 37.5 Å². The molecule has 76 valence electrons. The van der Waals surface area contributed by atoms with Crippen molar-refractivity contribution in [1.82, 2.24) is 4.90 Å². The molecular weight excluding hydrogens is 202 g/mol. The van der Waals surface area contributed by atoms with E-state index in [-0.39, 0.29) is 12.5 Å². The van der Waals surface area contributed by atoms with Gasteiger partial charge in [-0.05, 0) is 11.4 Å². The molecule has 0 aliphatic carbocycles. The molecule has 0 aliphatic rings. The normalized spacial score (nSPS) is 9.57. The van der Waals surface area contributed by atoms with Crippen LogP contribution in [0.3, 0.4) is 0 Å². The quantitative estimate of drug-likeness (QED) is 0.703. The molecule has 0 bridgehead atoms. The smallest absolute Gasteiger partial charge is 0.348 e. The Morgan fingerprint density at radius 3 is 2.71 bits per heavy atom. The molecule has 1 aromatic heterocycles. The zero-order chi connectivity index (χ0) is 10.6. The van der Waals surface area contributed by atoms with Crippen LogP contribution in [0, 0.1) is 0 Å². The monoisotopic (exact) mass is 213 g/mol. The lowest BCUT2D eigenvalue weighted by molar-refractivity contribution is -0.131. The molecule has 0 N–H and O–H groups in total. The Morgan fingerprint density at radius 1 is 1.50 bits per heavy atom. The summed E-state index contributed by atoms with van der Waals surface area (Å²) in [7, 11) is 3.22. The second-order valence-corrected chi connectivity index (χ2v) is 3.79. The number of thiophene rings is 1. The highest BCUT2D eigenvalue weighted by molar-refractivity contribution is 7.11. The molecule has 0 aromatic carbocycles. The van der Waals surface area contributed by atoms with Crippen molar-refractivity contribution in [3.63, 3.8) is 0 Å². The molecule has 0 atom stereocenters. The fourth-order valence-corrected chi connectivity index (χ4v) is 1.34. The van der Waals surface area contributed by atoms with Gasteiger partial charge in [-0.15, -0.1) is 11.3 Å². The van der Waals surface area contributed by atoms with Crippen molar-refractivity contribution >= 4 is 23.2 Å². The summed E-state index contributed by atoms with van der Waals surface area (Å²) in [6.07, 6.45) is 0. The fraction of sp³-hybridized carbons (Fsp3) is 0.333. The second-order valence-electron chi connectivity index (χ2n) is 2.84. The Kier molecular flexibility index (Phi) is 3.64.